The van der Waals surface area contributed by atoms with E-state index < -0.39 is 5.97 Å². The lowest BCUT2D eigenvalue weighted by molar-refractivity contribution is -0.143. The van der Waals surface area contributed by atoms with E-state index in [-0.39, 0.29) is 11.8 Å². The summed E-state index contributed by atoms with van der Waals surface area (Å²) in [7, 11) is 0. The van der Waals surface area contributed by atoms with Crippen LogP contribution in [0.2, 0.25) is 0 Å². The SMILES string of the molecule is C=CC(C)C(CCCN)C(=O)O. The van der Waals surface area contributed by atoms with Gasteiger partial charge in [0.05, 0.1) is 5.92 Å². The minimum atomic E-state index is -0.754. The van der Waals surface area contributed by atoms with Gasteiger partial charge in [-0.2, -0.15) is 0 Å². The van der Waals surface area contributed by atoms with Gasteiger partial charge >= 0.3 is 5.97 Å². The fraction of sp³-hybridized carbons (Fsp3) is 0.667. The minimum absolute atomic E-state index is 0.0223. The Morgan fingerprint density at radius 2 is 2.33 bits per heavy atom. The lowest BCUT2D eigenvalue weighted by atomic mass is 9.90. The molecule has 12 heavy (non-hydrogen) atoms. The van der Waals surface area contributed by atoms with E-state index in [4.69, 9.17) is 10.8 Å². The zero-order chi connectivity index (χ0) is 9.56. The van der Waals surface area contributed by atoms with E-state index >= 15 is 0 Å². The smallest absolute Gasteiger partial charge is 0.307 e. The normalized spacial score (nSPS) is 15.2. The van der Waals surface area contributed by atoms with Gasteiger partial charge in [0.25, 0.3) is 0 Å². The molecule has 0 aliphatic heterocycles. The topological polar surface area (TPSA) is 63.3 Å². The molecule has 0 bridgehead atoms. The molecule has 0 aliphatic carbocycles. The van der Waals surface area contributed by atoms with Crippen LogP contribution in [0.4, 0.5) is 0 Å². The molecule has 0 aromatic heterocycles. The number of allylic oxidation sites excluding steroid dienone is 1. The van der Waals surface area contributed by atoms with Gasteiger partial charge in [-0.25, -0.2) is 0 Å². The Labute approximate surface area is 73.3 Å². The van der Waals surface area contributed by atoms with Crippen molar-refractivity contribution in [1.29, 1.82) is 0 Å². The van der Waals surface area contributed by atoms with Gasteiger partial charge in [-0.15, -0.1) is 6.58 Å². The molecule has 3 N–H and O–H groups in total. The van der Waals surface area contributed by atoms with Gasteiger partial charge in [0.15, 0.2) is 0 Å². The van der Waals surface area contributed by atoms with Crippen LogP contribution < -0.4 is 5.73 Å². The van der Waals surface area contributed by atoms with Crippen molar-refractivity contribution in [3.8, 4) is 0 Å². The molecule has 0 spiro atoms. The predicted octanol–water partition coefficient (Wildman–Crippen LogP) is 1.25. The summed E-state index contributed by atoms with van der Waals surface area (Å²) >= 11 is 0. The average Bonchev–Trinajstić information content (AvgIpc) is 2.04. The molecule has 2 unspecified atom stereocenters. The second kappa shape index (κ2) is 5.77. The van der Waals surface area contributed by atoms with Crippen molar-refractivity contribution in [1.82, 2.24) is 0 Å². The van der Waals surface area contributed by atoms with E-state index in [2.05, 4.69) is 6.58 Å². The fourth-order valence-electron chi connectivity index (χ4n) is 1.11. The van der Waals surface area contributed by atoms with Crippen molar-refractivity contribution in [2.45, 2.75) is 19.8 Å². The second-order valence-electron chi connectivity index (χ2n) is 2.97. The van der Waals surface area contributed by atoms with Crippen molar-refractivity contribution in [2.24, 2.45) is 17.6 Å². The van der Waals surface area contributed by atoms with Crippen LogP contribution in [0.1, 0.15) is 19.8 Å². The van der Waals surface area contributed by atoms with Crippen LogP contribution in [0.5, 0.6) is 0 Å². The molecular formula is C9H17NO2. The molecule has 0 amide bonds. The van der Waals surface area contributed by atoms with Gasteiger partial charge in [-0.05, 0) is 25.3 Å². The Hall–Kier alpha value is -0.830. The molecule has 0 aromatic carbocycles. The number of rotatable bonds is 6. The molecule has 0 fully saturated rings. The highest BCUT2D eigenvalue weighted by Gasteiger charge is 2.21. The maximum atomic E-state index is 10.7. The first-order valence-corrected chi connectivity index (χ1v) is 4.19. The summed E-state index contributed by atoms with van der Waals surface area (Å²) in [5.74, 6) is -1.06. The van der Waals surface area contributed by atoms with Gasteiger partial charge in [0.1, 0.15) is 0 Å². The monoisotopic (exact) mass is 171 g/mol. The standard InChI is InChI=1S/C9H17NO2/c1-3-7(2)8(9(11)12)5-4-6-10/h3,7-8H,1,4-6,10H2,2H3,(H,11,12). The molecule has 0 aromatic rings. The summed E-state index contributed by atoms with van der Waals surface area (Å²) in [6, 6.07) is 0. The van der Waals surface area contributed by atoms with Crippen LogP contribution in [0.15, 0.2) is 12.7 Å². The quantitative estimate of drug-likeness (QED) is 0.591. The van der Waals surface area contributed by atoms with Crippen molar-refractivity contribution < 1.29 is 9.90 Å². The Kier molecular flexibility index (Phi) is 5.37. The molecule has 0 aliphatic rings. The van der Waals surface area contributed by atoms with Crippen LogP contribution in [-0.2, 0) is 4.79 Å². The Bertz CT molecular complexity index is 157. The Morgan fingerprint density at radius 3 is 2.67 bits per heavy atom. The second-order valence-corrected chi connectivity index (χ2v) is 2.97. The summed E-state index contributed by atoms with van der Waals surface area (Å²) in [5, 5.41) is 8.81. The first-order chi connectivity index (χ1) is 5.63. The van der Waals surface area contributed by atoms with Gasteiger partial charge in [0.2, 0.25) is 0 Å². The lowest BCUT2D eigenvalue weighted by Gasteiger charge is -2.15. The molecule has 0 saturated heterocycles. The number of carboxylic acids is 1. The molecule has 70 valence electrons. The molecule has 3 heteroatoms. The van der Waals surface area contributed by atoms with Crippen molar-refractivity contribution in [3.63, 3.8) is 0 Å². The zero-order valence-electron chi connectivity index (χ0n) is 7.49. The zero-order valence-corrected chi connectivity index (χ0v) is 7.49. The van der Waals surface area contributed by atoms with Crippen molar-refractivity contribution in [2.75, 3.05) is 6.54 Å². The lowest BCUT2D eigenvalue weighted by Crippen LogP contribution is -2.21. The Balaban J connectivity index is 4.03. The Morgan fingerprint density at radius 1 is 1.75 bits per heavy atom. The van der Waals surface area contributed by atoms with E-state index in [1.54, 1.807) is 6.08 Å². The highest BCUT2D eigenvalue weighted by atomic mass is 16.4. The average molecular weight is 171 g/mol. The molecule has 0 rings (SSSR count). The summed E-state index contributed by atoms with van der Waals surface area (Å²) in [6.45, 7) is 5.99. The molecule has 0 heterocycles. The molecular weight excluding hydrogens is 154 g/mol. The minimum Gasteiger partial charge on any atom is -0.481 e. The van der Waals surface area contributed by atoms with E-state index in [9.17, 15) is 4.79 Å². The van der Waals surface area contributed by atoms with Gasteiger partial charge in [0, 0.05) is 0 Å². The number of nitrogens with two attached hydrogens (primary N) is 1. The molecule has 0 radical (unpaired) electrons. The number of hydrogen-bond donors (Lipinski definition) is 2. The maximum Gasteiger partial charge on any atom is 0.307 e. The molecule has 0 saturated carbocycles. The van der Waals surface area contributed by atoms with Crippen molar-refractivity contribution in [3.05, 3.63) is 12.7 Å². The van der Waals surface area contributed by atoms with E-state index in [1.165, 1.54) is 0 Å². The largest absolute Gasteiger partial charge is 0.481 e. The third-order valence-electron chi connectivity index (χ3n) is 2.04. The van der Waals surface area contributed by atoms with Crippen LogP contribution in [-0.4, -0.2) is 17.6 Å². The van der Waals surface area contributed by atoms with Gasteiger partial charge in [-0.1, -0.05) is 13.0 Å². The first kappa shape index (κ1) is 11.2. The fourth-order valence-corrected chi connectivity index (χ4v) is 1.11. The van der Waals surface area contributed by atoms with Gasteiger partial charge in [-0.3, -0.25) is 4.79 Å². The van der Waals surface area contributed by atoms with Gasteiger partial charge < -0.3 is 10.8 Å². The van der Waals surface area contributed by atoms with Crippen LogP contribution in [0.25, 0.3) is 0 Å². The number of hydrogen-bond acceptors (Lipinski definition) is 2. The summed E-state index contributed by atoms with van der Waals surface area (Å²) in [4.78, 5) is 10.7. The summed E-state index contributed by atoms with van der Waals surface area (Å²) in [5.41, 5.74) is 5.30. The molecule has 2 atom stereocenters. The molecule has 3 nitrogen and oxygen atoms in total. The number of aliphatic carboxylic acids is 1. The number of carbonyl (C=O) groups is 1. The maximum absolute atomic E-state index is 10.7. The summed E-state index contributed by atoms with van der Waals surface area (Å²) in [6.07, 6.45) is 3.07. The third-order valence-corrected chi connectivity index (χ3v) is 2.04. The predicted molar refractivity (Wildman–Crippen MR) is 48.8 cm³/mol. The van der Waals surface area contributed by atoms with Crippen LogP contribution >= 0.6 is 0 Å². The van der Waals surface area contributed by atoms with Crippen LogP contribution in [0, 0.1) is 11.8 Å². The highest BCUT2D eigenvalue weighted by Crippen LogP contribution is 2.18. The van der Waals surface area contributed by atoms with E-state index in [0.717, 1.165) is 6.42 Å². The van der Waals surface area contributed by atoms with Crippen molar-refractivity contribution >= 4 is 5.97 Å². The third kappa shape index (κ3) is 3.53. The number of carboxylic acid groups (broad SMARTS) is 1. The first-order valence-electron chi connectivity index (χ1n) is 4.19. The van der Waals surface area contributed by atoms with E-state index in [0.29, 0.717) is 13.0 Å². The van der Waals surface area contributed by atoms with Crippen LogP contribution in [0.3, 0.4) is 0 Å². The highest BCUT2D eigenvalue weighted by molar-refractivity contribution is 5.70. The summed E-state index contributed by atoms with van der Waals surface area (Å²) < 4.78 is 0. The van der Waals surface area contributed by atoms with E-state index in [1.807, 2.05) is 6.92 Å².